The van der Waals surface area contributed by atoms with Gasteiger partial charge in [-0.05, 0) is 73.1 Å². The van der Waals surface area contributed by atoms with Gasteiger partial charge in [-0.2, -0.15) is 0 Å². The van der Waals surface area contributed by atoms with Gasteiger partial charge < -0.3 is 14.1 Å². The predicted molar refractivity (Wildman–Crippen MR) is 130 cm³/mol. The average molecular weight is 462 g/mol. The summed E-state index contributed by atoms with van der Waals surface area (Å²) in [6, 6.07) is 10.0. The fourth-order valence-corrected chi connectivity index (χ4v) is 5.52. The third-order valence-electron chi connectivity index (χ3n) is 7.49. The maximum atomic E-state index is 12.5. The molecule has 0 bridgehead atoms. The fourth-order valence-electron chi connectivity index (χ4n) is 5.52. The number of Topliss-reactive ketones (excluding diaryl/α,β-unsaturated/α-hetero) is 2. The Morgan fingerprint density at radius 3 is 2.71 bits per heavy atom. The lowest BCUT2D eigenvalue weighted by Crippen LogP contribution is -2.37. The molecule has 0 N–H and O–H groups in total. The molecule has 0 spiro atoms. The van der Waals surface area contributed by atoms with E-state index in [0.29, 0.717) is 25.4 Å². The normalized spacial score (nSPS) is 19.8. The van der Waals surface area contributed by atoms with Crippen molar-refractivity contribution in [2.45, 2.75) is 57.8 Å². The monoisotopic (exact) mass is 461 g/mol. The molecule has 2 fully saturated rings. The number of amides is 1. The second-order valence-corrected chi connectivity index (χ2v) is 9.73. The molecule has 1 aromatic heterocycles. The van der Waals surface area contributed by atoms with Gasteiger partial charge in [-0.1, -0.05) is 6.07 Å². The van der Waals surface area contributed by atoms with Gasteiger partial charge in [0.15, 0.2) is 0 Å². The van der Waals surface area contributed by atoms with Crippen LogP contribution >= 0.6 is 0 Å². The SMILES string of the molecule is CC(=O)N1CCC(CCCOc2ccc3c(ccc4occ([C@@H]5CCC(=O)CC5=O)c43)c2)CC1. The molecule has 2 aromatic carbocycles. The minimum atomic E-state index is -0.275. The summed E-state index contributed by atoms with van der Waals surface area (Å²) < 4.78 is 11.8. The molecule has 6 heteroatoms. The van der Waals surface area contributed by atoms with E-state index in [-0.39, 0.29) is 29.8 Å². The summed E-state index contributed by atoms with van der Waals surface area (Å²) in [7, 11) is 0. The van der Waals surface area contributed by atoms with Crippen LogP contribution in [0.1, 0.15) is 63.4 Å². The Bertz CT molecular complexity index is 1230. The number of benzene rings is 2. The first-order valence-corrected chi connectivity index (χ1v) is 12.4. The number of piperidine rings is 1. The quantitative estimate of drug-likeness (QED) is 0.362. The highest BCUT2D eigenvalue weighted by Crippen LogP contribution is 2.39. The number of hydrogen-bond donors (Lipinski definition) is 0. The molecule has 0 unspecified atom stereocenters. The molecule has 2 aliphatic rings. The number of likely N-dealkylation sites (tertiary alicyclic amines) is 1. The van der Waals surface area contributed by atoms with E-state index >= 15 is 0 Å². The summed E-state index contributed by atoms with van der Waals surface area (Å²) in [4.78, 5) is 37.6. The van der Waals surface area contributed by atoms with Crippen LogP contribution in [0, 0.1) is 5.92 Å². The van der Waals surface area contributed by atoms with Crippen molar-refractivity contribution in [1.82, 2.24) is 4.90 Å². The molecule has 1 saturated heterocycles. The topological polar surface area (TPSA) is 76.8 Å². The number of furan rings is 1. The molecule has 6 nitrogen and oxygen atoms in total. The molecule has 34 heavy (non-hydrogen) atoms. The van der Waals surface area contributed by atoms with Crippen molar-refractivity contribution < 1.29 is 23.5 Å². The van der Waals surface area contributed by atoms with Crippen molar-refractivity contribution in [1.29, 1.82) is 0 Å². The van der Waals surface area contributed by atoms with Gasteiger partial charge in [0.05, 0.1) is 19.3 Å². The fraction of sp³-hybridized carbons (Fsp3) is 0.464. The molecule has 1 saturated carbocycles. The van der Waals surface area contributed by atoms with E-state index in [2.05, 4.69) is 0 Å². The van der Waals surface area contributed by atoms with E-state index in [0.717, 1.165) is 71.8 Å². The second kappa shape index (κ2) is 9.61. The number of carbonyl (C=O) groups excluding carboxylic acids is 3. The Balaban J connectivity index is 1.24. The first-order valence-electron chi connectivity index (χ1n) is 12.4. The van der Waals surface area contributed by atoms with Crippen LogP contribution in [0.25, 0.3) is 21.7 Å². The van der Waals surface area contributed by atoms with Crippen molar-refractivity contribution in [2.24, 2.45) is 5.92 Å². The zero-order valence-electron chi connectivity index (χ0n) is 19.7. The van der Waals surface area contributed by atoms with E-state index in [1.807, 2.05) is 35.2 Å². The number of carbonyl (C=O) groups is 3. The van der Waals surface area contributed by atoms with Crippen LogP contribution in [-0.2, 0) is 14.4 Å². The molecule has 1 atom stereocenters. The maximum absolute atomic E-state index is 12.5. The van der Waals surface area contributed by atoms with Gasteiger partial charge in [-0.15, -0.1) is 0 Å². The molecular weight excluding hydrogens is 430 g/mol. The highest BCUT2D eigenvalue weighted by Gasteiger charge is 2.31. The third-order valence-corrected chi connectivity index (χ3v) is 7.49. The standard InChI is InChI=1S/C28H31NO5/c1-18(30)29-12-10-19(11-13-29)3-2-14-33-22-6-8-23-20(15-22)4-9-27-28(23)25(17-34-27)24-7-5-21(31)16-26(24)32/h4,6,8-9,15,17,19,24H,2-3,5,7,10-14,16H2,1H3/t24-/m0/s1. The number of ether oxygens (including phenoxy) is 1. The predicted octanol–water partition coefficient (Wildman–Crippen LogP) is 5.41. The molecule has 1 aliphatic heterocycles. The number of rotatable bonds is 6. The Kier molecular flexibility index (Phi) is 6.40. The van der Waals surface area contributed by atoms with E-state index in [4.69, 9.17) is 9.15 Å². The minimum absolute atomic E-state index is 0.0112. The lowest BCUT2D eigenvalue weighted by atomic mass is 9.81. The van der Waals surface area contributed by atoms with Crippen LogP contribution in [0.2, 0.25) is 0 Å². The summed E-state index contributed by atoms with van der Waals surface area (Å²) in [6.07, 6.45) is 6.99. The summed E-state index contributed by atoms with van der Waals surface area (Å²) >= 11 is 0. The largest absolute Gasteiger partial charge is 0.494 e. The highest BCUT2D eigenvalue weighted by molar-refractivity contribution is 6.11. The van der Waals surface area contributed by atoms with Crippen LogP contribution in [0.3, 0.4) is 0 Å². The average Bonchev–Trinajstić information content (AvgIpc) is 3.26. The van der Waals surface area contributed by atoms with Crippen molar-refractivity contribution in [3.63, 3.8) is 0 Å². The third kappa shape index (κ3) is 4.59. The van der Waals surface area contributed by atoms with E-state index in [1.165, 1.54) is 0 Å². The van der Waals surface area contributed by atoms with Gasteiger partial charge >= 0.3 is 0 Å². The van der Waals surface area contributed by atoms with E-state index < -0.39 is 0 Å². The number of ketones is 2. The molecule has 3 aromatic rings. The van der Waals surface area contributed by atoms with Crippen LogP contribution in [0.15, 0.2) is 41.0 Å². The van der Waals surface area contributed by atoms with Gasteiger partial charge in [-0.3, -0.25) is 14.4 Å². The Labute approximate surface area is 199 Å². The van der Waals surface area contributed by atoms with Crippen LogP contribution in [0.4, 0.5) is 0 Å². The van der Waals surface area contributed by atoms with Gasteiger partial charge in [0.1, 0.15) is 22.9 Å². The molecule has 0 radical (unpaired) electrons. The van der Waals surface area contributed by atoms with Crippen LogP contribution in [0.5, 0.6) is 5.75 Å². The Morgan fingerprint density at radius 2 is 1.94 bits per heavy atom. The van der Waals surface area contributed by atoms with Crippen molar-refractivity contribution in [3.8, 4) is 5.75 Å². The Hall–Kier alpha value is -3.15. The Morgan fingerprint density at radius 1 is 1.12 bits per heavy atom. The molecule has 1 amide bonds. The molecule has 2 heterocycles. The number of hydrogen-bond acceptors (Lipinski definition) is 5. The lowest BCUT2D eigenvalue weighted by molar-refractivity contribution is -0.131. The first-order chi connectivity index (χ1) is 16.5. The first kappa shape index (κ1) is 22.6. The van der Waals surface area contributed by atoms with E-state index in [1.54, 1.807) is 13.2 Å². The van der Waals surface area contributed by atoms with Gasteiger partial charge in [-0.25, -0.2) is 0 Å². The molecule has 5 rings (SSSR count). The highest BCUT2D eigenvalue weighted by atomic mass is 16.5. The summed E-state index contributed by atoms with van der Waals surface area (Å²) in [5.74, 6) is 1.43. The second-order valence-electron chi connectivity index (χ2n) is 9.73. The van der Waals surface area contributed by atoms with Gasteiger partial charge in [0.2, 0.25) is 5.91 Å². The summed E-state index contributed by atoms with van der Waals surface area (Å²) in [5.41, 5.74) is 1.65. The number of nitrogens with zero attached hydrogens (tertiary/aromatic N) is 1. The van der Waals surface area contributed by atoms with Gasteiger partial charge in [0, 0.05) is 43.3 Å². The van der Waals surface area contributed by atoms with Crippen LogP contribution < -0.4 is 4.74 Å². The maximum Gasteiger partial charge on any atom is 0.219 e. The van der Waals surface area contributed by atoms with Crippen molar-refractivity contribution in [3.05, 3.63) is 42.2 Å². The zero-order valence-corrected chi connectivity index (χ0v) is 19.7. The summed E-state index contributed by atoms with van der Waals surface area (Å²) in [5, 5.41) is 3.05. The van der Waals surface area contributed by atoms with Crippen molar-refractivity contribution >= 4 is 39.2 Å². The number of fused-ring (bicyclic) bond motifs is 3. The molecule has 178 valence electrons. The smallest absolute Gasteiger partial charge is 0.219 e. The molecular formula is C28H31NO5. The summed E-state index contributed by atoms with van der Waals surface area (Å²) in [6.45, 7) is 4.06. The van der Waals surface area contributed by atoms with Gasteiger partial charge in [0.25, 0.3) is 0 Å². The van der Waals surface area contributed by atoms with Crippen LogP contribution in [-0.4, -0.2) is 42.1 Å². The zero-order chi connectivity index (χ0) is 23.7. The van der Waals surface area contributed by atoms with Crippen molar-refractivity contribution in [2.75, 3.05) is 19.7 Å². The lowest BCUT2D eigenvalue weighted by Gasteiger charge is -2.31. The van der Waals surface area contributed by atoms with E-state index in [9.17, 15) is 14.4 Å². The minimum Gasteiger partial charge on any atom is -0.494 e. The molecule has 1 aliphatic carbocycles.